The van der Waals surface area contributed by atoms with Gasteiger partial charge >= 0.3 is 0 Å². The number of nitro benzene ring substituents is 1. The van der Waals surface area contributed by atoms with Gasteiger partial charge in [0.15, 0.2) is 0 Å². The SMILES string of the molecule is CC(C(=O)Nc1cc(Oc2ccc(Cl)cc2)cc([N+](=O)[O-])c1)n1cc(Cl)cn1. The topological polar surface area (TPSA) is 99.3 Å². The molecular formula is C18H14Cl2N4O4. The van der Waals surface area contributed by atoms with E-state index < -0.39 is 16.9 Å². The number of carbonyl (C=O) groups is 1. The van der Waals surface area contributed by atoms with Crippen LogP contribution in [0.1, 0.15) is 13.0 Å². The Morgan fingerprint density at radius 1 is 1.18 bits per heavy atom. The number of hydrogen-bond donors (Lipinski definition) is 1. The lowest BCUT2D eigenvalue weighted by molar-refractivity contribution is -0.384. The summed E-state index contributed by atoms with van der Waals surface area (Å²) in [5, 5.41) is 18.8. The predicted octanol–water partition coefficient (Wildman–Crippen LogP) is 5.09. The van der Waals surface area contributed by atoms with Gasteiger partial charge in [-0.05, 0) is 31.2 Å². The van der Waals surface area contributed by atoms with Gasteiger partial charge in [-0.15, -0.1) is 0 Å². The standard InChI is InChI=1S/C18H14Cl2N4O4/c1-11(23-10-13(20)9-21-23)18(25)22-14-6-15(24(26)27)8-17(7-14)28-16-4-2-12(19)3-5-16/h2-11H,1H3,(H,22,25). The first kappa shape index (κ1) is 19.7. The van der Waals surface area contributed by atoms with E-state index in [0.717, 1.165) is 0 Å². The molecule has 1 unspecified atom stereocenters. The Morgan fingerprint density at radius 2 is 1.89 bits per heavy atom. The summed E-state index contributed by atoms with van der Waals surface area (Å²) in [6, 6.07) is 9.85. The molecule has 28 heavy (non-hydrogen) atoms. The van der Waals surface area contributed by atoms with Crippen molar-refractivity contribution in [1.82, 2.24) is 9.78 Å². The van der Waals surface area contributed by atoms with Gasteiger partial charge in [-0.3, -0.25) is 19.6 Å². The molecule has 1 N–H and O–H groups in total. The second-order valence-electron chi connectivity index (χ2n) is 5.83. The van der Waals surface area contributed by atoms with Crippen molar-refractivity contribution in [2.45, 2.75) is 13.0 Å². The Labute approximate surface area is 169 Å². The number of nitrogens with one attached hydrogen (secondary N) is 1. The minimum absolute atomic E-state index is 0.196. The molecule has 10 heteroatoms. The summed E-state index contributed by atoms with van der Waals surface area (Å²) < 4.78 is 7.03. The highest BCUT2D eigenvalue weighted by Gasteiger charge is 2.18. The maximum absolute atomic E-state index is 12.5. The van der Waals surface area contributed by atoms with Gasteiger partial charge in [0.2, 0.25) is 5.91 Å². The van der Waals surface area contributed by atoms with Crippen LogP contribution in [-0.2, 0) is 4.79 Å². The average Bonchev–Trinajstić information content (AvgIpc) is 3.09. The molecule has 0 aliphatic rings. The molecule has 0 fully saturated rings. The van der Waals surface area contributed by atoms with E-state index in [2.05, 4.69) is 10.4 Å². The van der Waals surface area contributed by atoms with Crippen molar-refractivity contribution in [3.05, 3.63) is 75.0 Å². The predicted molar refractivity (Wildman–Crippen MR) is 105 cm³/mol. The van der Waals surface area contributed by atoms with Gasteiger partial charge in [0.05, 0.1) is 27.9 Å². The molecule has 1 aromatic heterocycles. The largest absolute Gasteiger partial charge is 0.457 e. The lowest BCUT2D eigenvalue weighted by Gasteiger charge is -2.13. The van der Waals surface area contributed by atoms with E-state index in [1.807, 2.05) is 0 Å². The number of non-ortho nitro benzene ring substituents is 1. The Kier molecular flexibility index (Phi) is 5.81. The second-order valence-corrected chi connectivity index (χ2v) is 6.71. The summed E-state index contributed by atoms with van der Waals surface area (Å²) in [5.74, 6) is 0.223. The van der Waals surface area contributed by atoms with Crippen LogP contribution < -0.4 is 10.1 Å². The smallest absolute Gasteiger partial charge is 0.275 e. The molecule has 3 aromatic rings. The van der Waals surface area contributed by atoms with Crippen LogP contribution in [0, 0.1) is 10.1 Å². The zero-order valence-corrected chi connectivity index (χ0v) is 16.0. The summed E-state index contributed by atoms with van der Waals surface area (Å²) in [7, 11) is 0. The molecule has 0 saturated carbocycles. The number of halogens is 2. The van der Waals surface area contributed by atoms with Crippen molar-refractivity contribution in [2.24, 2.45) is 0 Å². The number of hydrogen-bond acceptors (Lipinski definition) is 5. The fourth-order valence-electron chi connectivity index (χ4n) is 2.35. The third-order valence-corrected chi connectivity index (χ3v) is 4.21. The van der Waals surface area contributed by atoms with Crippen LogP contribution in [0.4, 0.5) is 11.4 Å². The van der Waals surface area contributed by atoms with Crippen LogP contribution in [0.3, 0.4) is 0 Å². The lowest BCUT2D eigenvalue weighted by atomic mass is 10.2. The Balaban J connectivity index is 1.83. The molecular weight excluding hydrogens is 407 g/mol. The normalized spacial score (nSPS) is 11.7. The molecule has 1 amide bonds. The lowest BCUT2D eigenvalue weighted by Crippen LogP contribution is -2.24. The number of rotatable bonds is 6. The average molecular weight is 421 g/mol. The van der Waals surface area contributed by atoms with Crippen LogP contribution in [0.5, 0.6) is 11.5 Å². The van der Waals surface area contributed by atoms with Crippen molar-refractivity contribution < 1.29 is 14.5 Å². The first-order chi connectivity index (χ1) is 13.3. The number of benzene rings is 2. The van der Waals surface area contributed by atoms with Gasteiger partial charge in [-0.1, -0.05) is 23.2 Å². The van der Waals surface area contributed by atoms with Gasteiger partial charge in [0.1, 0.15) is 17.5 Å². The van der Waals surface area contributed by atoms with Crippen LogP contribution in [0.2, 0.25) is 10.0 Å². The van der Waals surface area contributed by atoms with E-state index in [0.29, 0.717) is 15.8 Å². The van der Waals surface area contributed by atoms with E-state index in [1.165, 1.54) is 35.3 Å². The van der Waals surface area contributed by atoms with Crippen molar-refractivity contribution in [3.63, 3.8) is 0 Å². The highest BCUT2D eigenvalue weighted by atomic mass is 35.5. The minimum atomic E-state index is -0.674. The number of ether oxygens (including phenoxy) is 1. The van der Waals surface area contributed by atoms with Crippen LogP contribution in [-0.4, -0.2) is 20.6 Å². The van der Waals surface area contributed by atoms with Crippen molar-refractivity contribution >= 4 is 40.5 Å². The minimum Gasteiger partial charge on any atom is -0.457 e. The molecule has 3 rings (SSSR count). The molecule has 0 aliphatic carbocycles. The summed E-state index contributed by atoms with van der Waals surface area (Å²) in [5.41, 5.74) is -0.00943. The Morgan fingerprint density at radius 3 is 2.50 bits per heavy atom. The molecule has 0 bridgehead atoms. The maximum Gasteiger partial charge on any atom is 0.275 e. The highest BCUT2D eigenvalue weighted by molar-refractivity contribution is 6.30. The zero-order valence-electron chi connectivity index (χ0n) is 14.5. The molecule has 0 aliphatic heterocycles. The van der Waals surface area contributed by atoms with E-state index in [1.54, 1.807) is 31.2 Å². The molecule has 0 saturated heterocycles. The number of anilines is 1. The van der Waals surface area contributed by atoms with Crippen LogP contribution in [0.15, 0.2) is 54.9 Å². The number of aromatic nitrogens is 2. The van der Waals surface area contributed by atoms with Crippen molar-refractivity contribution in [1.29, 1.82) is 0 Å². The molecule has 2 aromatic carbocycles. The highest BCUT2D eigenvalue weighted by Crippen LogP contribution is 2.30. The van der Waals surface area contributed by atoms with Crippen LogP contribution >= 0.6 is 23.2 Å². The third kappa shape index (κ3) is 4.79. The first-order valence-corrected chi connectivity index (χ1v) is 8.81. The van der Waals surface area contributed by atoms with E-state index in [-0.39, 0.29) is 17.1 Å². The van der Waals surface area contributed by atoms with E-state index in [4.69, 9.17) is 27.9 Å². The summed E-state index contributed by atoms with van der Waals surface area (Å²) in [6.07, 6.45) is 2.92. The Hall–Kier alpha value is -3.10. The summed E-state index contributed by atoms with van der Waals surface area (Å²) in [4.78, 5) is 23.1. The summed E-state index contributed by atoms with van der Waals surface area (Å²) >= 11 is 11.7. The molecule has 144 valence electrons. The fourth-order valence-corrected chi connectivity index (χ4v) is 2.62. The van der Waals surface area contributed by atoms with Crippen molar-refractivity contribution in [3.8, 4) is 11.5 Å². The van der Waals surface area contributed by atoms with Crippen molar-refractivity contribution in [2.75, 3.05) is 5.32 Å². The maximum atomic E-state index is 12.5. The van der Waals surface area contributed by atoms with Crippen LogP contribution in [0.25, 0.3) is 0 Å². The van der Waals surface area contributed by atoms with E-state index in [9.17, 15) is 14.9 Å². The monoisotopic (exact) mass is 420 g/mol. The second kappa shape index (κ2) is 8.28. The number of amides is 1. The van der Waals surface area contributed by atoms with Gasteiger partial charge < -0.3 is 10.1 Å². The molecule has 1 heterocycles. The van der Waals surface area contributed by atoms with Gasteiger partial charge in [0.25, 0.3) is 5.69 Å². The van der Waals surface area contributed by atoms with Gasteiger partial charge in [-0.2, -0.15) is 5.10 Å². The molecule has 0 spiro atoms. The number of carbonyl (C=O) groups excluding carboxylic acids is 1. The van der Waals surface area contributed by atoms with Gasteiger partial charge in [0, 0.05) is 23.4 Å². The molecule has 1 atom stereocenters. The molecule has 0 radical (unpaired) electrons. The summed E-state index contributed by atoms with van der Waals surface area (Å²) in [6.45, 7) is 1.63. The quantitative estimate of drug-likeness (QED) is 0.442. The first-order valence-electron chi connectivity index (χ1n) is 8.05. The Bertz CT molecular complexity index is 1020. The number of nitro groups is 1. The van der Waals surface area contributed by atoms with E-state index >= 15 is 0 Å². The molecule has 8 nitrogen and oxygen atoms in total. The fraction of sp³-hybridized carbons (Fsp3) is 0.111. The number of nitrogens with zero attached hydrogens (tertiary/aromatic N) is 3. The van der Waals surface area contributed by atoms with Gasteiger partial charge in [-0.25, -0.2) is 0 Å². The zero-order chi connectivity index (χ0) is 20.3. The third-order valence-electron chi connectivity index (χ3n) is 3.77.